The molecular formula is C48H55Cl5N22O7S2. The standard InChI is InChI=1S/C11H15ClN4O2.C10H9ClN4S.C10H11ClN4.C9H10ClN5O2.C8H10ClN5O3S/c1-3-15(11(13-2)8-16(17)18)7-9-4-5-10(12)14-6-9;11-9-2-1-8(5-13-9)6-15-3-4-16-10(15)14-7-12;1-8(14-7-12)15(2)6-9-3-4-10(11)13-5-9;10-8-2-1-7(5-12-8)6-14-4-3-11-9(14)13-15(16)17;1-12-4-17-5-13(8(12)11-14(15)16)3-6-2-10-7(9)18-6/h4-6,8,13H,3,7H2,1-2H3;1-2,5H,3-4,6H2;3-5H,6H2,1-2H3;1-2,5H,3-4,6H2,(H,11,13);2H,3-5H2,1H3/b11-8+;;;;11-8+. The van der Waals surface area contributed by atoms with Crippen LogP contribution in [-0.4, -0.2) is 159 Å². The highest BCUT2D eigenvalue weighted by molar-refractivity contribution is 8.14. The molecule has 0 spiro atoms. The zero-order chi connectivity index (χ0) is 61.6. The van der Waals surface area contributed by atoms with E-state index in [4.69, 9.17) is 73.3 Å². The first-order valence-electron chi connectivity index (χ1n) is 24.5. The molecule has 84 heavy (non-hydrogen) atoms. The van der Waals surface area contributed by atoms with Gasteiger partial charge in [-0.2, -0.15) is 15.5 Å². The summed E-state index contributed by atoms with van der Waals surface area (Å²) in [6, 6.07) is 14.4. The molecule has 0 saturated carbocycles. The SMILES string of the molecule is CC(=NC#N)N(C)Cc1ccc(Cl)nc1.CCN(Cc1ccc(Cl)nc1)/C(=C/[N+](=O)[O-])NC.CN1COCN(Cc2cnc(Cl)s2)/C1=N/[N+](=O)[O-].N#CN=C1SCCN1Cc1ccc(Cl)nc1.O=[N+]([O-])/N=C1\NCCN1Cc1ccc(Cl)nc1. The molecule has 5 aromatic heterocycles. The Labute approximate surface area is 516 Å². The van der Waals surface area contributed by atoms with Gasteiger partial charge in [0.05, 0.1) is 11.5 Å². The quantitative estimate of drug-likeness (QED) is 0.0238. The van der Waals surface area contributed by atoms with E-state index in [1.165, 1.54) is 11.3 Å². The van der Waals surface area contributed by atoms with E-state index in [-0.39, 0.29) is 25.4 Å². The van der Waals surface area contributed by atoms with Crippen LogP contribution in [0.3, 0.4) is 0 Å². The van der Waals surface area contributed by atoms with Crippen molar-refractivity contribution < 1.29 is 19.7 Å². The van der Waals surface area contributed by atoms with Gasteiger partial charge in [-0.3, -0.25) is 10.1 Å². The maximum Gasteiger partial charge on any atom is 0.277 e. The molecule has 29 nitrogen and oxygen atoms in total. The minimum atomic E-state index is -0.718. The Morgan fingerprint density at radius 2 is 1.33 bits per heavy atom. The highest BCUT2D eigenvalue weighted by Crippen LogP contribution is 2.22. The molecule has 3 aliphatic rings. The van der Waals surface area contributed by atoms with Gasteiger partial charge in [0.15, 0.2) is 25.5 Å². The zero-order valence-electron chi connectivity index (χ0n) is 45.6. The topological polar surface area (TPSA) is 344 Å². The molecule has 0 radical (unpaired) electrons. The Morgan fingerprint density at radius 1 is 0.774 bits per heavy atom. The number of pyridine rings is 4. The van der Waals surface area contributed by atoms with Gasteiger partial charge >= 0.3 is 0 Å². The van der Waals surface area contributed by atoms with Crippen molar-refractivity contribution in [2.45, 2.75) is 46.6 Å². The van der Waals surface area contributed by atoms with Gasteiger partial charge < -0.3 is 44.8 Å². The van der Waals surface area contributed by atoms with Crippen molar-refractivity contribution in [3.63, 3.8) is 0 Å². The number of nitriles is 2. The van der Waals surface area contributed by atoms with Gasteiger partial charge in [0.1, 0.15) is 50.1 Å². The lowest BCUT2D eigenvalue weighted by molar-refractivity contribution is -0.486. The van der Waals surface area contributed by atoms with Crippen molar-refractivity contribution >= 4 is 104 Å². The fraction of sp³-hybridized carbons (Fsp3) is 0.354. The van der Waals surface area contributed by atoms with Crippen LogP contribution in [-0.2, 0) is 37.5 Å². The number of aliphatic imine (C=N–C) groups is 2. The van der Waals surface area contributed by atoms with Gasteiger partial charge in [-0.05, 0) is 60.4 Å². The number of aromatic nitrogens is 5. The summed E-state index contributed by atoms with van der Waals surface area (Å²) >= 11 is 31.4. The molecule has 5 aromatic rings. The van der Waals surface area contributed by atoms with Crippen molar-refractivity contribution in [2.24, 2.45) is 20.2 Å². The molecule has 0 amide bonds. The average Bonchev–Trinajstić information content (AvgIpc) is 4.38. The van der Waals surface area contributed by atoms with Crippen molar-refractivity contribution in [3.8, 4) is 12.4 Å². The summed E-state index contributed by atoms with van der Waals surface area (Å²) in [6.45, 7) is 9.94. The molecule has 2 N–H and O–H groups in total. The molecule has 3 saturated heterocycles. The molecule has 3 fully saturated rings. The highest BCUT2D eigenvalue weighted by atomic mass is 35.5. The number of thiazole rings is 1. The van der Waals surface area contributed by atoms with Gasteiger partial charge in [-0.25, -0.2) is 45.1 Å². The van der Waals surface area contributed by atoms with Crippen molar-refractivity contribution in [1.29, 1.82) is 10.5 Å². The molecule has 36 heteroatoms. The third kappa shape index (κ3) is 25.2. The second kappa shape index (κ2) is 36.5. The first-order valence-corrected chi connectivity index (χ1v) is 28.2. The fourth-order valence-corrected chi connectivity index (χ4v) is 9.45. The first kappa shape index (κ1) is 68.5. The Hall–Kier alpha value is -8.01. The lowest BCUT2D eigenvalue weighted by Crippen LogP contribution is -2.49. The fourth-order valence-electron chi connectivity index (χ4n) is 7.07. The van der Waals surface area contributed by atoms with Crippen LogP contribution in [0.25, 0.3) is 0 Å². The summed E-state index contributed by atoms with van der Waals surface area (Å²) in [6.07, 6.45) is 12.9. The summed E-state index contributed by atoms with van der Waals surface area (Å²) in [4.78, 5) is 69.8. The summed E-state index contributed by atoms with van der Waals surface area (Å²) in [5, 5.41) is 61.8. The Bertz CT molecular complexity index is 3170. The van der Waals surface area contributed by atoms with E-state index in [0.717, 1.165) is 57.3 Å². The molecule has 8 heterocycles. The van der Waals surface area contributed by atoms with Gasteiger partial charge in [0, 0.05) is 115 Å². The zero-order valence-corrected chi connectivity index (χ0v) is 51.0. The van der Waals surface area contributed by atoms with Crippen LogP contribution >= 0.6 is 81.1 Å². The number of amidine groups is 2. The van der Waals surface area contributed by atoms with Crippen LogP contribution in [0.15, 0.2) is 112 Å². The second-order valence-corrected chi connectivity index (χ2v) is 21.3. The molecule has 0 unspecified atom stereocenters. The third-order valence-corrected chi connectivity index (χ3v) is 14.0. The maximum absolute atomic E-state index is 10.5. The van der Waals surface area contributed by atoms with Crippen molar-refractivity contribution in [2.75, 3.05) is 66.5 Å². The van der Waals surface area contributed by atoms with Gasteiger partial charge in [-0.1, -0.05) is 94.0 Å². The van der Waals surface area contributed by atoms with Gasteiger partial charge in [-0.15, -0.1) is 16.3 Å². The van der Waals surface area contributed by atoms with Crippen LogP contribution in [0.2, 0.25) is 25.1 Å². The number of rotatable bonds is 16. The Morgan fingerprint density at radius 3 is 1.81 bits per heavy atom. The molecule has 0 atom stereocenters. The monoisotopic (exact) mass is 1290 g/mol. The molecule has 3 aliphatic heterocycles. The van der Waals surface area contributed by atoms with E-state index in [0.29, 0.717) is 82.5 Å². The number of hydrogen-bond donors (Lipinski definition) is 2. The number of thioether (sulfide) groups is 1. The number of guanidine groups is 2. The number of hydrazone groups is 2. The number of halogens is 5. The summed E-state index contributed by atoms with van der Waals surface area (Å²) in [5.74, 6) is 2.65. The van der Waals surface area contributed by atoms with Gasteiger partial charge in [0.25, 0.3) is 18.1 Å². The van der Waals surface area contributed by atoms with Crippen molar-refractivity contribution in [1.82, 2.24) is 65.0 Å². The van der Waals surface area contributed by atoms with Crippen LogP contribution in [0, 0.1) is 53.3 Å². The van der Waals surface area contributed by atoms with Crippen molar-refractivity contribution in [3.05, 3.63) is 174 Å². The molecule has 0 aliphatic carbocycles. The van der Waals surface area contributed by atoms with Crippen LogP contribution in [0.4, 0.5) is 0 Å². The average molecular weight is 1290 g/mol. The highest BCUT2D eigenvalue weighted by Gasteiger charge is 2.26. The Kier molecular flexibility index (Phi) is 29.8. The number of ether oxygens (including phenoxy) is 1. The number of nitrogens with one attached hydrogen (secondary N) is 2. The lowest BCUT2D eigenvalue weighted by Gasteiger charge is -2.34. The summed E-state index contributed by atoms with van der Waals surface area (Å²) in [7, 11) is 5.19. The summed E-state index contributed by atoms with van der Waals surface area (Å²) < 4.78 is 5.72. The van der Waals surface area contributed by atoms with E-state index < -0.39 is 15.0 Å². The Balaban J connectivity index is 0.000000226. The van der Waals surface area contributed by atoms with E-state index in [1.54, 1.807) is 109 Å². The van der Waals surface area contributed by atoms with E-state index in [2.05, 4.69) is 60.6 Å². The number of nitro groups is 3. The van der Waals surface area contributed by atoms with E-state index in [9.17, 15) is 30.3 Å². The van der Waals surface area contributed by atoms with E-state index in [1.807, 2.05) is 54.2 Å². The largest absolute Gasteiger partial charge is 0.370 e. The normalized spacial score (nSPS) is 15.2. The predicted molar refractivity (Wildman–Crippen MR) is 322 cm³/mol. The van der Waals surface area contributed by atoms with Crippen LogP contribution < -0.4 is 10.6 Å². The van der Waals surface area contributed by atoms with Gasteiger partial charge in [0.2, 0.25) is 12.4 Å². The molecule has 8 rings (SSSR count). The van der Waals surface area contributed by atoms with Crippen LogP contribution in [0.5, 0.6) is 0 Å². The number of nitrogens with zero attached hydrogens (tertiary/aromatic N) is 20. The molecular weight excluding hydrogens is 1240 g/mol. The predicted octanol–water partition coefficient (Wildman–Crippen LogP) is 7.75. The van der Waals surface area contributed by atoms with E-state index >= 15 is 0 Å². The molecule has 0 bridgehead atoms. The minimum absolute atomic E-state index is 0.243. The summed E-state index contributed by atoms with van der Waals surface area (Å²) in [5.41, 5.74) is 3.95. The maximum atomic E-state index is 10.5. The third-order valence-electron chi connectivity index (χ3n) is 11.0. The number of hydrogen-bond acceptors (Lipinski definition) is 20. The minimum Gasteiger partial charge on any atom is -0.370 e. The first-order chi connectivity index (χ1) is 40.2. The lowest BCUT2D eigenvalue weighted by atomic mass is 10.2. The molecule has 0 aromatic carbocycles. The smallest absolute Gasteiger partial charge is 0.277 e. The molecule has 446 valence electrons. The van der Waals surface area contributed by atoms with Crippen LogP contribution in [0.1, 0.15) is 41.0 Å². The second-order valence-electron chi connectivity index (χ2n) is 17.0.